The summed E-state index contributed by atoms with van der Waals surface area (Å²) in [6.07, 6.45) is 1.64. The van der Waals surface area contributed by atoms with Crippen LogP contribution in [0.4, 0.5) is 0 Å². The van der Waals surface area contributed by atoms with Crippen LogP contribution >= 0.6 is 27.3 Å². The van der Waals surface area contributed by atoms with Gasteiger partial charge in [0.1, 0.15) is 0 Å². The summed E-state index contributed by atoms with van der Waals surface area (Å²) in [6.45, 7) is 5.60. The van der Waals surface area contributed by atoms with Gasteiger partial charge < -0.3 is 4.74 Å². The van der Waals surface area contributed by atoms with Gasteiger partial charge in [0, 0.05) is 34.9 Å². The Balaban J connectivity index is 1.91. The molecule has 0 bridgehead atoms. The number of methoxy groups -OCH3 is 1. The molecule has 1 aliphatic rings. The summed E-state index contributed by atoms with van der Waals surface area (Å²) in [6, 6.07) is 2.21. The normalized spacial score (nSPS) is 27.2. The van der Waals surface area contributed by atoms with Crippen molar-refractivity contribution in [2.75, 3.05) is 20.2 Å². The molecule has 4 heteroatoms. The number of nitrogens with zero attached hydrogens (tertiary/aromatic N) is 1. The summed E-state index contributed by atoms with van der Waals surface area (Å²) in [5, 5.41) is 2.15. The summed E-state index contributed by atoms with van der Waals surface area (Å²) in [4.78, 5) is 3.92. The number of thiophene rings is 1. The van der Waals surface area contributed by atoms with Crippen LogP contribution in [0.3, 0.4) is 0 Å². The lowest BCUT2D eigenvalue weighted by Crippen LogP contribution is -2.43. The van der Waals surface area contributed by atoms with Gasteiger partial charge in [0.15, 0.2) is 0 Å². The summed E-state index contributed by atoms with van der Waals surface area (Å²) in [5.74, 6) is 0.691. The molecule has 1 fully saturated rings. The highest BCUT2D eigenvalue weighted by molar-refractivity contribution is 9.10. The zero-order chi connectivity index (χ0) is 11.5. The second-order valence-corrected chi connectivity index (χ2v) is 6.42. The molecule has 0 saturated carbocycles. The molecule has 1 saturated heterocycles. The van der Waals surface area contributed by atoms with Gasteiger partial charge in [0.25, 0.3) is 0 Å². The SMILES string of the molecule is COC1CN(Cc2cc(Br)cs2)CCC1C. The minimum Gasteiger partial charge on any atom is -0.380 e. The highest BCUT2D eigenvalue weighted by atomic mass is 79.9. The fraction of sp³-hybridized carbons (Fsp3) is 0.667. The van der Waals surface area contributed by atoms with Gasteiger partial charge >= 0.3 is 0 Å². The second-order valence-electron chi connectivity index (χ2n) is 4.51. The lowest BCUT2D eigenvalue weighted by Gasteiger charge is -2.35. The molecule has 2 rings (SSSR count). The van der Waals surface area contributed by atoms with Crippen LogP contribution in [0, 0.1) is 5.92 Å². The summed E-state index contributed by atoms with van der Waals surface area (Å²) >= 11 is 5.32. The smallest absolute Gasteiger partial charge is 0.0724 e. The topological polar surface area (TPSA) is 12.5 Å². The Hall–Kier alpha value is 0.1000. The fourth-order valence-electron chi connectivity index (χ4n) is 2.21. The minimum absolute atomic E-state index is 0.400. The number of ether oxygens (including phenoxy) is 1. The van der Waals surface area contributed by atoms with E-state index in [0.717, 1.165) is 13.1 Å². The Morgan fingerprint density at radius 1 is 1.62 bits per heavy atom. The predicted octanol–water partition coefficient (Wildman–Crippen LogP) is 3.37. The van der Waals surface area contributed by atoms with E-state index in [1.165, 1.54) is 22.3 Å². The van der Waals surface area contributed by atoms with E-state index in [1.54, 1.807) is 0 Å². The van der Waals surface area contributed by atoms with Gasteiger partial charge in [-0.3, -0.25) is 4.90 Å². The molecule has 2 nitrogen and oxygen atoms in total. The van der Waals surface area contributed by atoms with Crippen molar-refractivity contribution in [3.63, 3.8) is 0 Å². The first kappa shape index (κ1) is 12.6. The van der Waals surface area contributed by atoms with Gasteiger partial charge in [-0.05, 0) is 40.9 Å². The lowest BCUT2D eigenvalue weighted by atomic mass is 9.96. The first-order chi connectivity index (χ1) is 7.69. The molecule has 16 heavy (non-hydrogen) atoms. The fourth-order valence-corrected chi connectivity index (χ4v) is 3.70. The Kier molecular flexibility index (Phi) is 4.41. The molecule has 1 aliphatic heterocycles. The number of likely N-dealkylation sites (tertiary alicyclic amines) is 1. The van der Waals surface area contributed by atoms with Crippen molar-refractivity contribution < 1.29 is 4.74 Å². The van der Waals surface area contributed by atoms with Crippen molar-refractivity contribution in [2.45, 2.75) is 26.0 Å². The zero-order valence-electron chi connectivity index (χ0n) is 9.78. The van der Waals surface area contributed by atoms with Gasteiger partial charge in [0.2, 0.25) is 0 Å². The van der Waals surface area contributed by atoms with Gasteiger partial charge in [-0.15, -0.1) is 11.3 Å². The van der Waals surface area contributed by atoms with Gasteiger partial charge in [-0.25, -0.2) is 0 Å². The van der Waals surface area contributed by atoms with E-state index in [2.05, 4.69) is 39.2 Å². The van der Waals surface area contributed by atoms with Gasteiger partial charge in [-0.1, -0.05) is 6.92 Å². The molecule has 2 unspecified atom stereocenters. The average molecular weight is 304 g/mol. The largest absolute Gasteiger partial charge is 0.380 e. The van der Waals surface area contributed by atoms with Crippen molar-refractivity contribution in [2.24, 2.45) is 5.92 Å². The van der Waals surface area contributed by atoms with E-state index in [1.807, 2.05) is 18.4 Å². The van der Waals surface area contributed by atoms with Crippen molar-refractivity contribution in [3.05, 3.63) is 20.8 Å². The second kappa shape index (κ2) is 5.63. The zero-order valence-corrected chi connectivity index (χ0v) is 12.2. The molecule has 0 aromatic carbocycles. The minimum atomic E-state index is 0.400. The Morgan fingerprint density at radius 3 is 3.06 bits per heavy atom. The number of hydrogen-bond acceptors (Lipinski definition) is 3. The molecule has 0 amide bonds. The molecular formula is C12H18BrNOS. The van der Waals surface area contributed by atoms with E-state index in [0.29, 0.717) is 12.0 Å². The predicted molar refractivity (Wildman–Crippen MR) is 71.9 cm³/mol. The molecule has 2 atom stereocenters. The van der Waals surface area contributed by atoms with E-state index < -0.39 is 0 Å². The molecule has 2 heterocycles. The molecule has 0 radical (unpaired) electrons. The maximum absolute atomic E-state index is 5.53. The van der Waals surface area contributed by atoms with Crippen LogP contribution in [-0.2, 0) is 11.3 Å². The molecule has 90 valence electrons. The highest BCUT2D eigenvalue weighted by Gasteiger charge is 2.25. The molecule has 0 spiro atoms. The molecule has 0 aliphatic carbocycles. The van der Waals surface area contributed by atoms with E-state index >= 15 is 0 Å². The number of hydrogen-bond donors (Lipinski definition) is 0. The summed E-state index contributed by atoms with van der Waals surface area (Å²) < 4.78 is 6.72. The Bertz CT molecular complexity index is 342. The first-order valence-electron chi connectivity index (χ1n) is 5.67. The van der Waals surface area contributed by atoms with E-state index in [9.17, 15) is 0 Å². The van der Waals surface area contributed by atoms with Crippen molar-refractivity contribution in [1.82, 2.24) is 4.90 Å². The van der Waals surface area contributed by atoms with E-state index in [4.69, 9.17) is 4.74 Å². The maximum atomic E-state index is 5.53. The third-order valence-electron chi connectivity index (χ3n) is 3.28. The van der Waals surface area contributed by atoms with Crippen molar-refractivity contribution in [3.8, 4) is 0 Å². The van der Waals surface area contributed by atoms with Crippen LogP contribution in [0.1, 0.15) is 18.2 Å². The lowest BCUT2D eigenvalue weighted by molar-refractivity contribution is -0.00716. The highest BCUT2D eigenvalue weighted by Crippen LogP contribution is 2.25. The Labute approximate surface area is 110 Å². The van der Waals surface area contributed by atoms with Crippen LogP contribution in [0.15, 0.2) is 15.9 Å². The van der Waals surface area contributed by atoms with Crippen LogP contribution in [-0.4, -0.2) is 31.2 Å². The maximum Gasteiger partial charge on any atom is 0.0724 e. The monoisotopic (exact) mass is 303 g/mol. The number of piperidine rings is 1. The van der Waals surface area contributed by atoms with Crippen molar-refractivity contribution in [1.29, 1.82) is 0 Å². The summed E-state index contributed by atoms with van der Waals surface area (Å²) in [7, 11) is 1.83. The molecular weight excluding hydrogens is 286 g/mol. The van der Waals surface area contributed by atoms with Crippen LogP contribution in [0.5, 0.6) is 0 Å². The molecule has 0 N–H and O–H groups in total. The first-order valence-corrected chi connectivity index (χ1v) is 7.34. The van der Waals surface area contributed by atoms with Gasteiger partial charge in [0.05, 0.1) is 6.10 Å². The van der Waals surface area contributed by atoms with Crippen LogP contribution in [0.2, 0.25) is 0 Å². The molecule has 1 aromatic rings. The number of rotatable bonds is 3. The van der Waals surface area contributed by atoms with E-state index in [-0.39, 0.29) is 0 Å². The van der Waals surface area contributed by atoms with Crippen LogP contribution in [0.25, 0.3) is 0 Å². The van der Waals surface area contributed by atoms with Crippen LogP contribution < -0.4 is 0 Å². The number of halogens is 1. The van der Waals surface area contributed by atoms with Crippen molar-refractivity contribution >= 4 is 27.3 Å². The van der Waals surface area contributed by atoms with Gasteiger partial charge in [-0.2, -0.15) is 0 Å². The third-order valence-corrected chi connectivity index (χ3v) is 4.96. The Morgan fingerprint density at radius 2 is 2.44 bits per heavy atom. The quantitative estimate of drug-likeness (QED) is 0.849. The molecule has 1 aromatic heterocycles. The average Bonchev–Trinajstić information content (AvgIpc) is 2.67. The summed E-state index contributed by atoms with van der Waals surface area (Å²) in [5.41, 5.74) is 0. The third kappa shape index (κ3) is 3.06. The standard InChI is InChI=1S/C12H18BrNOS/c1-9-3-4-14(7-12(9)15-2)6-11-5-10(13)8-16-11/h5,8-9,12H,3-4,6-7H2,1-2H3.